The molecule has 0 fully saturated rings. The number of halogens is 2. The molecule has 2 aromatic rings. The Balaban J connectivity index is 2.48. The van der Waals surface area contributed by atoms with Crippen LogP contribution in [0, 0.1) is 6.92 Å². The number of alkyl halides is 2. The van der Waals surface area contributed by atoms with Gasteiger partial charge in [0.05, 0.1) is 11.3 Å². The molecule has 0 saturated heterocycles. The maximum atomic E-state index is 12.4. The van der Waals surface area contributed by atoms with Crippen LogP contribution in [0.4, 0.5) is 8.78 Å². The molecule has 1 aromatic heterocycles. The fourth-order valence-electron chi connectivity index (χ4n) is 1.90. The molecular weight excluding hydrogens is 270 g/mol. The molecule has 0 bridgehead atoms. The Morgan fingerprint density at radius 2 is 2.05 bits per heavy atom. The second kappa shape index (κ2) is 5.28. The summed E-state index contributed by atoms with van der Waals surface area (Å²) in [4.78, 5) is 12.4. The van der Waals surface area contributed by atoms with Crippen molar-refractivity contribution in [2.45, 2.75) is 13.5 Å². The lowest BCUT2D eigenvalue weighted by Gasteiger charge is -2.09. The van der Waals surface area contributed by atoms with E-state index in [0.717, 1.165) is 4.68 Å². The topological polar surface area (TPSA) is 64.3 Å². The first-order valence-electron chi connectivity index (χ1n) is 5.73. The van der Waals surface area contributed by atoms with Gasteiger partial charge in [-0.2, -0.15) is 13.9 Å². The van der Waals surface area contributed by atoms with Crippen molar-refractivity contribution in [3.05, 3.63) is 41.1 Å². The van der Waals surface area contributed by atoms with Crippen molar-refractivity contribution in [1.29, 1.82) is 0 Å². The van der Waals surface area contributed by atoms with Gasteiger partial charge in [0, 0.05) is 7.05 Å². The van der Waals surface area contributed by atoms with Crippen molar-refractivity contribution >= 4 is 5.78 Å². The van der Waals surface area contributed by atoms with Crippen molar-refractivity contribution in [3.8, 4) is 11.6 Å². The predicted molar refractivity (Wildman–Crippen MR) is 66.1 cm³/mol. The summed E-state index contributed by atoms with van der Waals surface area (Å²) in [6.45, 7) is -1.49. The van der Waals surface area contributed by atoms with Gasteiger partial charge in [-0.15, -0.1) is 0 Å². The zero-order chi connectivity index (χ0) is 14.9. The van der Waals surface area contributed by atoms with Crippen molar-refractivity contribution in [2.75, 3.05) is 0 Å². The van der Waals surface area contributed by atoms with E-state index in [0.29, 0.717) is 5.69 Å². The maximum absolute atomic E-state index is 12.4. The Morgan fingerprint density at radius 3 is 2.60 bits per heavy atom. The standard InChI is InChI=1S/C13H12F2N2O3/c1-7-10(12(19)17(2)16-7)11(18)8-5-3-4-6-9(8)20-13(14)15/h3-6,13,19H,1-2H3. The van der Waals surface area contributed by atoms with Crippen LogP contribution in [-0.4, -0.2) is 27.3 Å². The van der Waals surface area contributed by atoms with E-state index < -0.39 is 12.4 Å². The lowest BCUT2D eigenvalue weighted by Crippen LogP contribution is -2.09. The van der Waals surface area contributed by atoms with E-state index in [2.05, 4.69) is 9.84 Å². The van der Waals surface area contributed by atoms with E-state index in [1.807, 2.05) is 0 Å². The predicted octanol–water partition coefficient (Wildman–Crippen LogP) is 2.27. The lowest BCUT2D eigenvalue weighted by molar-refractivity contribution is -0.0501. The number of aromatic hydroxyl groups is 1. The first-order valence-corrected chi connectivity index (χ1v) is 5.73. The molecule has 0 aliphatic carbocycles. The van der Waals surface area contributed by atoms with Gasteiger partial charge in [-0.1, -0.05) is 12.1 Å². The number of nitrogens with zero attached hydrogens (tertiary/aromatic N) is 2. The van der Waals surface area contributed by atoms with Gasteiger partial charge in [0.15, 0.2) is 0 Å². The summed E-state index contributed by atoms with van der Waals surface area (Å²) in [5.74, 6) is -1.18. The van der Waals surface area contributed by atoms with Crippen molar-refractivity contribution < 1.29 is 23.4 Å². The molecule has 1 heterocycles. The highest BCUT2D eigenvalue weighted by Crippen LogP contribution is 2.28. The minimum Gasteiger partial charge on any atom is -0.493 e. The monoisotopic (exact) mass is 282 g/mol. The summed E-state index contributed by atoms with van der Waals surface area (Å²) in [7, 11) is 1.47. The Hall–Kier alpha value is -2.44. The van der Waals surface area contributed by atoms with Crippen molar-refractivity contribution in [3.63, 3.8) is 0 Å². The number of hydrogen-bond acceptors (Lipinski definition) is 4. The highest BCUT2D eigenvalue weighted by molar-refractivity contribution is 6.12. The third-order valence-corrected chi connectivity index (χ3v) is 2.77. The summed E-state index contributed by atoms with van der Waals surface area (Å²) >= 11 is 0. The third kappa shape index (κ3) is 2.47. The summed E-state index contributed by atoms with van der Waals surface area (Å²) < 4.78 is 30.1. The Kier molecular flexibility index (Phi) is 3.69. The average molecular weight is 282 g/mol. The van der Waals surface area contributed by atoms with Crippen LogP contribution in [0.2, 0.25) is 0 Å². The number of carbonyl (C=O) groups is 1. The Bertz CT molecular complexity index is 653. The fraction of sp³-hybridized carbons (Fsp3) is 0.231. The molecule has 0 atom stereocenters. The molecule has 1 aromatic carbocycles. The smallest absolute Gasteiger partial charge is 0.387 e. The van der Waals surface area contributed by atoms with Crippen LogP contribution in [0.15, 0.2) is 24.3 Å². The molecule has 0 radical (unpaired) electrons. The third-order valence-electron chi connectivity index (χ3n) is 2.77. The number of aryl methyl sites for hydroxylation is 2. The summed E-state index contributed by atoms with van der Waals surface area (Å²) in [5, 5.41) is 13.7. The van der Waals surface area contributed by atoms with E-state index >= 15 is 0 Å². The molecule has 5 nitrogen and oxygen atoms in total. The number of benzene rings is 1. The molecule has 7 heteroatoms. The van der Waals surface area contributed by atoms with Gasteiger partial charge in [0.25, 0.3) is 0 Å². The molecule has 0 aliphatic heterocycles. The van der Waals surface area contributed by atoms with Gasteiger partial charge < -0.3 is 9.84 Å². The van der Waals surface area contributed by atoms with E-state index in [4.69, 9.17) is 0 Å². The largest absolute Gasteiger partial charge is 0.493 e. The number of para-hydroxylation sites is 1. The highest BCUT2D eigenvalue weighted by Gasteiger charge is 2.24. The quantitative estimate of drug-likeness (QED) is 0.874. The van der Waals surface area contributed by atoms with Gasteiger partial charge in [0.2, 0.25) is 11.7 Å². The molecule has 20 heavy (non-hydrogen) atoms. The van der Waals surface area contributed by atoms with E-state index in [1.54, 1.807) is 6.92 Å². The molecule has 0 aliphatic rings. The molecule has 2 rings (SSSR count). The van der Waals surface area contributed by atoms with Crippen LogP contribution < -0.4 is 4.74 Å². The fourth-order valence-corrected chi connectivity index (χ4v) is 1.90. The van der Waals surface area contributed by atoms with Gasteiger partial charge in [-0.05, 0) is 19.1 Å². The normalized spacial score (nSPS) is 10.8. The number of ketones is 1. The van der Waals surface area contributed by atoms with E-state index in [-0.39, 0.29) is 22.8 Å². The number of ether oxygens (including phenoxy) is 1. The molecule has 1 N–H and O–H groups in total. The van der Waals surface area contributed by atoms with Gasteiger partial charge in [0.1, 0.15) is 11.3 Å². The van der Waals surface area contributed by atoms with E-state index in [1.165, 1.54) is 31.3 Å². The van der Waals surface area contributed by atoms with Gasteiger partial charge in [-0.25, -0.2) is 4.68 Å². The first-order chi connectivity index (χ1) is 9.41. The number of rotatable bonds is 4. The molecular formula is C13H12F2N2O3. The minimum absolute atomic E-state index is 0.0298. The van der Waals surface area contributed by atoms with Crippen molar-refractivity contribution in [1.82, 2.24) is 9.78 Å². The molecule has 106 valence electrons. The second-order valence-corrected chi connectivity index (χ2v) is 4.11. The van der Waals surface area contributed by atoms with Crippen LogP contribution >= 0.6 is 0 Å². The van der Waals surface area contributed by atoms with Crippen LogP contribution in [0.1, 0.15) is 21.6 Å². The van der Waals surface area contributed by atoms with Crippen molar-refractivity contribution in [2.24, 2.45) is 7.05 Å². The van der Waals surface area contributed by atoms with E-state index in [9.17, 15) is 18.7 Å². The summed E-state index contributed by atoms with van der Waals surface area (Å²) in [5.41, 5.74) is 0.221. The molecule has 0 saturated carbocycles. The Morgan fingerprint density at radius 1 is 1.40 bits per heavy atom. The van der Waals surface area contributed by atoms with Crippen LogP contribution in [-0.2, 0) is 7.05 Å². The molecule has 0 amide bonds. The van der Waals surface area contributed by atoms with Crippen LogP contribution in [0.3, 0.4) is 0 Å². The van der Waals surface area contributed by atoms with Crippen LogP contribution in [0.5, 0.6) is 11.6 Å². The maximum Gasteiger partial charge on any atom is 0.387 e. The molecule has 0 spiro atoms. The van der Waals surface area contributed by atoms with Crippen LogP contribution in [0.25, 0.3) is 0 Å². The Labute approximate surface area is 113 Å². The highest BCUT2D eigenvalue weighted by atomic mass is 19.3. The summed E-state index contributed by atoms with van der Waals surface area (Å²) in [6.07, 6.45) is 0. The SMILES string of the molecule is Cc1nn(C)c(O)c1C(=O)c1ccccc1OC(F)F. The zero-order valence-electron chi connectivity index (χ0n) is 10.8. The average Bonchev–Trinajstić information content (AvgIpc) is 2.62. The summed E-state index contributed by atoms with van der Waals surface area (Å²) in [6, 6.07) is 5.62. The minimum atomic E-state index is -3.03. The first kappa shape index (κ1) is 14.0. The van der Waals surface area contributed by atoms with Gasteiger partial charge in [-0.3, -0.25) is 4.79 Å². The lowest BCUT2D eigenvalue weighted by atomic mass is 10.0. The van der Waals surface area contributed by atoms with Gasteiger partial charge >= 0.3 is 6.61 Å². The number of aromatic nitrogens is 2. The number of carbonyl (C=O) groups excluding carboxylic acids is 1. The number of hydrogen-bond donors (Lipinski definition) is 1. The molecule has 0 unspecified atom stereocenters. The second-order valence-electron chi connectivity index (χ2n) is 4.11. The zero-order valence-corrected chi connectivity index (χ0v) is 10.8.